The average molecular weight is 90.1 g/mol. The minimum atomic E-state index is 1.92. The van der Waals surface area contributed by atoms with Crippen LogP contribution in [0.15, 0.2) is 5.22 Å². The van der Waals surface area contributed by atoms with Crippen LogP contribution in [0.3, 0.4) is 0 Å². The van der Waals surface area contributed by atoms with Gasteiger partial charge in [-0.05, 0) is 5.22 Å². The van der Waals surface area contributed by atoms with Crippen molar-refractivity contribution >= 4 is 12.8 Å². The molecule has 0 aromatic carbocycles. The van der Waals surface area contributed by atoms with Crippen LogP contribution >= 0.6 is 12.8 Å². The Morgan fingerprint density at radius 2 is 2.60 bits per heavy atom. The minimum Gasteiger partial charge on any atom is -0.201 e. The quantitative estimate of drug-likeness (QED) is 0.160. The van der Waals surface area contributed by atoms with E-state index >= 15 is 0 Å². The highest BCUT2D eigenvalue weighted by Crippen LogP contribution is 1.58. The molecule has 1 N–H and O–H groups in total. The number of hydrogen-bond donors (Lipinski definition) is 2. The highest BCUT2D eigenvalue weighted by Gasteiger charge is 1.45. The Morgan fingerprint density at radius 3 is 2.60 bits per heavy atom. The lowest BCUT2D eigenvalue weighted by Crippen LogP contribution is -1.74. The first-order valence-electron chi connectivity index (χ1n) is 0.847. The van der Waals surface area contributed by atoms with Gasteiger partial charge in [-0.3, -0.25) is 0 Å². The van der Waals surface area contributed by atoms with E-state index < -0.39 is 0 Å². The Morgan fingerprint density at radius 1 is 2.00 bits per heavy atom. The first-order chi connectivity index (χ1) is 2.41. The summed E-state index contributed by atoms with van der Waals surface area (Å²) in [6, 6.07) is 0. The number of azide groups is 1. The summed E-state index contributed by atoms with van der Waals surface area (Å²) >= 11 is 3.33. The Bertz CT molecular complexity index is 50.7. The van der Waals surface area contributed by atoms with Gasteiger partial charge in [-0.25, -0.2) is 4.83 Å². The Balaban J connectivity index is 2.93. The normalized spacial score (nSPS) is 5.00. The van der Waals surface area contributed by atoms with Crippen LogP contribution < -0.4 is 4.83 Å². The van der Waals surface area contributed by atoms with Crippen LogP contribution in [0.25, 0.3) is 10.4 Å². The maximum Gasteiger partial charge on any atom is 0.0415 e. The van der Waals surface area contributed by atoms with Crippen LogP contribution in [0, 0.1) is 0 Å². The second kappa shape index (κ2) is 3.46. The summed E-state index contributed by atoms with van der Waals surface area (Å²) in [5.74, 6) is 0. The van der Waals surface area contributed by atoms with E-state index in [0.717, 1.165) is 0 Å². The lowest BCUT2D eigenvalue weighted by molar-refractivity contribution is 1.10. The van der Waals surface area contributed by atoms with Gasteiger partial charge in [0.15, 0.2) is 0 Å². The van der Waals surface area contributed by atoms with Crippen LogP contribution in [0.4, 0.5) is 0 Å². The first-order valence-corrected chi connectivity index (χ1v) is 1.29. The van der Waals surface area contributed by atoms with E-state index in [9.17, 15) is 0 Å². The van der Waals surface area contributed by atoms with Crippen LogP contribution in [0.5, 0.6) is 0 Å². The molecule has 0 aliphatic rings. The molecule has 0 spiro atoms. The van der Waals surface area contributed by atoms with E-state index in [4.69, 9.17) is 5.53 Å². The summed E-state index contributed by atoms with van der Waals surface area (Å²) in [5, 5.41) is 2.77. The summed E-state index contributed by atoms with van der Waals surface area (Å²) < 4.78 is 0. The van der Waals surface area contributed by atoms with Gasteiger partial charge in [0.1, 0.15) is 0 Å². The number of rotatable bonds is 1. The molecule has 0 aromatic rings. The van der Waals surface area contributed by atoms with Crippen LogP contribution in [0.1, 0.15) is 0 Å². The van der Waals surface area contributed by atoms with Crippen molar-refractivity contribution in [2.24, 2.45) is 5.22 Å². The van der Waals surface area contributed by atoms with Crippen molar-refractivity contribution in [1.82, 2.24) is 4.83 Å². The lowest BCUT2D eigenvalue weighted by Gasteiger charge is -1.64. The highest BCUT2D eigenvalue weighted by atomic mass is 32.1. The molecular weight excluding hydrogens is 88.1 g/mol. The van der Waals surface area contributed by atoms with Crippen molar-refractivity contribution < 1.29 is 0 Å². The fourth-order valence-corrected chi connectivity index (χ4v) is 0.0600. The molecule has 0 saturated heterocycles. The van der Waals surface area contributed by atoms with Gasteiger partial charge in [-0.1, -0.05) is 0 Å². The third-order valence-corrected chi connectivity index (χ3v) is 0.179. The molecule has 0 radical (unpaired) electrons. The van der Waals surface area contributed by atoms with Crippen LogP contribution in [-0.2, 0) is 0 Å². The molecule has 0 saturated carbocycles. The summed E-state index contributed by atoms with van der Waals surface area (Å²) in [6.07, 6.45) is 0. The van der Waals surface area contributed by atoms with Crippen molar-refractivity contribution in [2.75, 3.05) is 0 Å². The summed E-state index contributed by atoms with van der Waals surface area (Å²) in [5.41, 5.74) is 7.41. The topological polar surface area (TPSA) is 60.8 Å². The molecule has 0 heterocycles. The molecule has 0 unspecified atom stereocenters. The van der Waals surface area contributed by atoms with E-state index in [0.29, 0.717) is 0 Å². The monoisotopic (exact) mass is 90.0 g/mol. The Kier molecular flexibility index (Phi) is 3.09. The fraction of sp³-hybridized carbons (Fsp3) is 0. The summed E-state index contributed by atoms with van der Waals surface area (Å²) in [6.45, 7) is 0. The molecule has 0 aromatic heterocycles. The predicted molar refractivity (Wildman–Crippen MR) is 21.3 cm³/mol. The van der Waals surface area contributed by atoms with Crippen LogP contribution in [0.2, 0.25) is 0 Å². The second-order valence-electron chi connectivity index (χ2n) is 0.289. The highest BCUT2D eigenvalue weighted by molar-refractivity contribution is 7.78. The third kappa shape index (κ3) is 3.46. The molecule has 0 atom stereocenters. The van der Waals surface area contributed by atoms with E-state index in [1.54, 1.807) is 0 Å². The van der Waals surface area contributed by atoms with Gasteiger partial charge in [0, 0.05) is 12.8 Å². The van der Waals surface area contributed by atoms with E-state index in [-0.39, 0.29) is 0 Å². The standard InChI is InChI=1S/H2N4S/c1-2-3-4-5/h4-5H. The Labute approximate surface area is 34.3 Å². The van der Waals surface area contributed by atoms with Gasteiger partial charge in [0.2, 0.25) is 0 Å². The third-order valence-electron chi connectivity index (χ3n) is 0.0894. The van der Waals surface area contributed by atoms with E-state index in [1.807, 2.05) is 4.83 Å². The number of nitrogens with one attached hydrogen (secondary N) is 1. The molecule has 0 aliphatic heterocycles. The van der Waals surface area contributed by atoms with Crippen molar-refractivity contribution in [3.05, 3.63) is 10.4 Å². The van der Waals surface area contributed by atoms with Crippen molar-refractivity contribution in [3.63, 3.8) is 0 Å². The second-order valence-corrected chi connectivity index (χ2v) is 0.489. The minimum absolute atomic E-state index is 1.92. The maximum absolute atomic E-state index is 7.41. The summed E-state index contributed by atoms with van der Waals surface area (Å²) in [4.78, 5) is 4.21. The molecule has 0 rings (SSSR count). The predicted octanol–water partition coefficient (Wildman–Crippen LogP) is 0.646. The number of thiol groups is 1. The van der Waals surface area contributed by atoms with Crippen molar-refractivity contribution in [3.8, 4) is 0 Å². The van der Waals surface area contributed by atoms with Crippen LogP contribution in [-0.4, -0.2) is 0 Å². The van der Waals surface area contributed by atoms with Gasteiger partial charge in [-0.2, -0.15) is 4.91 Å². The first kappa shape index (κ1) is 4.46. The fourth-order valence-electron chi connectivity index (χ4n) is 0.0200. The SMILES string of the molecule is [N-]=[N+]=NNS. The average Bonchev–Trinajstić information content (AvgIpc) is 1.41. The zero-order chi connectivity index (χ0) is 4.12. The molecular formula is H2N4S. The van der Waals surface area contributed by atoms with Gasteiger partial charge in [0.25, 0.3) is 0 Å². The van der Waals surface area contributed by atoms with Gasteiger partial charge < -0.3 is 0 Å². The zero-order valence-electron chi connectivity index (χ0n) is 2.29. The van der Waals surface area contributed by atoms with Crippen molar-refractivity contribution in [2.45, 2.75) is 0 Å². The molecule has 5 heteroatoms. The van der Waals surface area contributed by atoms with Gasteiger partial charge in [0.05, 0.1) is 0 Å². The maximum atomic E-state index is 7.41. The van der Waals surface area contributed by atoms with Gasteiger partial charge in [-0.15, -0.1) is 5.53 Å². The molecule has 0 aliphatic carbocycles. The Hall–Kier alpha value is -0.540. The largest absolute Gasteiger partial charge is 0.201 e. The molecule has 5 heavy (non-hydrogen) atoms. The summed E-state index contributed by atoms with van der Waals surface area (Å²) in [7, 11) is 0. The molecule has 28 valence electrons. The van der Waals surface area contributed by atoms with E-state index in [2.05, 4.69) is 22.9 Å². The lowest BCUT2D eigenvalue weighted by atomic mass is 12.7. The van der Waals surface area contributed by atoms with Gasteiger partial charge >= 0.3 is 0 Å². The number of nitrogens with zero attached hydrogens (tertiary/aromatic N) is 3. The molecule has 0 fully saturated rings. The molecule has 0 amide bonds. The number of hydrogen-bond acceptors (Lipinski definition) is 2. The smallest absolute Gasteiger partial charge is 0.0415 e. The zero-order valence-corrected chi connectivity index (χ0v) is 3.18. The van der Waals surface area contributed by atoms with E-state index in [1.165, 1.54) is 0 Å². The van der Waals surface area contributed by atoms with Crippen molar-refractivity contribution in [1.29, 1.82) is 0 Å². The molecule has 0 bridgehead atoms. The molecule has 4 nitrogen and oxygen atoms in total.